The third kappa shape index (κ3) is 5.45. The maximum Gasteiger partial charge on any atom is 0.170 e. The van der Waals surface area contributed by atoms with Crippen LogP contribution in [0.5, 0.6) is 11.5 Å². The summed E-state index contributed by atoms with van der Waals surface area (Å²) in [4.78, 5) is 4.20. The first kappa shape index (κ1) is 17.1. The van der Waals surface area contributed by atoms with Gasteiger partial charge in [-0.25, -0.2) is 4.98 Å². The molecule has 0 saturated heterocycles. The maximum absolute atomic E-state index is 5.31. The van der Waals surface area contributed by atoms with Gasteiger partial charge >= 0.3 is 0 Å². The third-order valence-corrected chi connectivity index (χ3v) is 3.50. The minimum absolute atomic E-state index is 0.571. The zero-order valence-electron chi connectivity index (χ0n) is 13.6. The fourth-order valence-corrected chi connectivity index (χ4v) is 2.33. The summed E-state index contributed by atoms with van der Waals surface area (Å²) >= 11 is 5.31. The number of benzene rings is 1. The van der Waals surface area contributed by atoms with Crippen molar-refractivity contribution in [2.45, 2.75) is 19.9 Å². The van der Waals surface area contributed by atoms with Crippen molar-refractivity contribution in [3.8, 4) is 11.5 Å². The van der Waals surface area contributed by atoms with Gasteiger partial charge in [-0.3, -0.25) is 0 Å². The van der Waals surface area contributed by atoms with Gasteiger partial charge < -0.3 is 24.7 Å². The highest BCUT2D eigenvalue weighted by atomic mass is 32.1. The van der Waals surface area contributed by atoms with Gasteiger partial charge in [-0.15, -0.1) is 0 Å². The first-order valence-electron chi connectivity index (χ1n) is 7.37. The van der Waals surface area contributed by atoms with E-state index in [1.807, 2.05) is 37.6 Å². The van der Waals surface area contributed by atoms with Crippen molar-refractivity contribution in [3.05, 3.63) is 36.4 Å². The number of nitrogens with one attached hydrogen (secondary N) is 2. The van der Waals surface area contributed by atoms with E-state index in [-0.39, 0.29) is 0 Å². The van der Waals surface area contributed by atoms with E-state index in [9.17, 15) is 0 Å². The molecular weight excluding hydrogens is 312 g/mol. The second-order valence-corrected chi connectivity index (χ2v) is 5.50. The Kier molecular flexibility index (Phi) is 6.22. The lowest BCUT2D eigenvalue weighted by atomic mass is 10.3. The number of hydrogen-bond acceptors (Lipinski definition) is 4. The summed E-state index contributed by atoms with van der Waals surface area (Å²) in [6.45, 7) is 3.67. The van der Waals surface area contributed by atoms with Crippen LogP contribution in [-0.2, 0) is 6.54 Å². The fourth-order valence-electron chi connectivity index (χ4n) is 2.11. The summed E-state index contributed by atoms with van der Waals surface area (Å²) in [6, 6.07) is 5.55. The van der Waals surface area contributed by atoms with E-state index in [0.29, 0.717) is 16.6 Å². The molecule has 1 aromatic carbocycles. The van der Waals surface area contributed by atoms with Crippen LogP contribution < -0.4 is 20.1 Å². The van der Waals surface area contributed by atoms with E-state index in [4.69, 9.17) is 21.7 Å². The lowest BCUT2D eigenvalue weighted by Gasteiger charge is -2.13. The molecule has 23 heavy (non-hydrogen) atoms. The number of aromatic nitrogens is 2. The number of anilines is 1. The van der Waals surface area contributed by atoms with Crippen LogP contribution in [0, 0.1) is 6.92 Å². The third-order valence-electron chi connectivity index (χ3n) is 3.25. The Morgan fingerprint density at radius 3 is 2.48 bits per heavy atom. The second kappa shape index (κ2) is 8.38. The Morgan fingerprint density at radius 1 is 1.22 bits per heavy atom. The molecule has 0 fully saturated rings. The van der Waals surface area contributed by atoms with Crippen LogP contribution in [0.2, 0.25) is 0 Å². The first-order valence-corrected chi connectivity index (χ1v) is 7.78. The Labute approximate surface area is 141 Å². The summed E-state index contributed by atoms with van der Waals surface area (Å²) in [6.07, 6.45) is 4.83. The molecule has 0 aliphatic heterocycles. The molecule has 0 radical (unpaired) electrons. The molecular formula is C16H22N4O2S. The fraction of sp³-hybridized carbons (Fsp3) is 0.375. The predicted octanol–water partition coefficient (Wildman–Crippen LogP) is 2.59. The highest BCUT2D eigenvalue weighted by molar-refractivity contribution is 7.80. The molecule has 6 nitrogen and oxygen atoms in total. The summed E-state index contributed by atoms with van der Waals surface area (Å²) in [5.74, 6) is 1.43. The molecule has 2 N–H and O–H groups in total. The van der Waals surface area contributed by atoms with Gasteiger partial charge in [0, 0.05) is 43.2 Å². The van der Waals surface area contributed by atoms with Crippen LogP contribution in [0.15, 0.2) is 30.7 Å². The molecule has 7 heteroatoms. The van der Waals surface area contributed by atoms with Crippen LogP contribution in [0.3, 0.4) is 0 Å². The molecule has 1 heterocycles. The Hall–Kier alpha value is -2.28. The topological polar surface area (TPSA) is 60.3 Å². The standard InChI is InChI=1S/C16H22N4O2S/c1-12-10-20(11-18-12)6-4-5-17-16(23)19-13-7-14(21-2)9-15(8-13)22-3/h7-11H,4-6H2,1-3H3,(H2,17,19,23). The normalized spacial score (nSPS) is 10.2. The molecule has 0 aliphatic rings. The van der Waals surface area contributed by atoms with Gasteiger partial charge in [-0.05, 0) is 25.6 Å². The van der Waals surface area contributed by atoms with Crippen LogP contribution in [0.4, 0.5) is 5.69 Å². The molecule has 2 rings (SSSR count). The van der Waals surface area contributed by atoms with Crippen LogP contribution in [0.25, 0.3) is 0 Å². The lowest BCUT2D eigenvalue weighted by Crippen LogP contribution is -2.29. The largest absolute Gasteiger partial charge is 0.497 e. The highest BCUT2D eigenvalue weighted by Crippen LogP contribution is 2.25. The minimum Gasteiger partial charge on any atom is -0.497 e. The number of ether oxygens (including phenoxy) is 2. The zero-order valence-corrected chi connectivity index (χ0v) is 14.4. The number of hydrogen-bond donors (Lipinski definition) is 2. The molecule has 1 aromatic heterocycles. The Morgan fingerprint density at radius 2 is 1.91 bits per heavy atom. The van der Waals surface area contributed by atoms with Crippen molar-refractivity contribution in [2.24, 2.45) is 0 Å². The van der Waals surface area contributed by atoms with E-state index in [1.54, 1.807) is 14.2 Å². The van der Waals surface area contributed by atoms with E-state index in [0.717, 1.165) is 30.9 Å². The molecule has 124 valence electrons. The van der Waals surface area contributed by atoms with Crippen molar-refractivity contribution < 1.29 is 9.47 Å². The van der Waals surface area contributed by atoms with Crippen LogP contribution in [-0.4, -0.2) is 35.4 Å². The molecule has 0 atom stereocenters. The lowest BCUT2D eigenvalue weighted by molar-refractivity contribution is 0.395. The van der Waals surface area contributed by atoms with Crippen LogP contribution in [0.1, 0.15) is 12.1 Å². The average Bonchev–Trinajstić information content (AvgIpc) is 2.96. The van der Waals surface area contributed by atoms with Crippen molar-refractivity contribution in [2.75, 3.05) is 26.1 Å². The number of thiocarbonyl (C=S) groups is 1. The van der Waals surface area contributed by atoms with Gasteiger partial charge in [-0.2, -0.15) is 0 Å². The number of aryl methyl sites for hydroxylation is 2. The van der Waals surface area contributed by atoms with Crippen molar-refractivity contribution in [1.82, 2.24) is 14.9 Å². The van der Waals surface area contributed by atoms with Gasteiger partial charge in [0.25, 0.3) is 0 Å². The summed E-state index contributed by atoms with van der Waals surface area (Å²) < 4.78 is 12.5. The van der Waals surface area contributed by atoms with Crippen molar-refractivity contribution >= 4 is 23.0 Å². The smallest absolute Gasteiger partial charge is 0.170 e. The van der Waals surface area contributed by atoms with E-state index in [2.05, 4.69) is 20.2 Å². The van der Waals surface area contributed by atoms with Crippen molar-refractivity contribution in [1.29, 1.82) is 0 Å². The number of methoxy groups -OCH3 is 2. The van der Waals surface area contributed by atoms with Gasteiger partial charge in [0.05, 0.1) is 26.2 Å². The molecule has 0 unspecified atom stereocenters. The number of imidazole rings is 1. The van der Waals surface area contributed by atoms with E-state index < -0.39 is 0 Å². The maximum atomic E-state index is 5.31. The number of rotatable bonds is 7. The monoisotopic (exact) mass is 334 g/mol. The average molecular weight is 334 g/mol. The predicted molar refractivity (Wildman–Crippen MR) is 95.4 cm³/mol. The zero-order chi connectivity index (χ0) is 16.7. The number of nitrogens with zero attached hydrogens (tertiary/aromatic N) is 2. The SMILES string of the molecule is COc1cc(NC(=S)NCCCn2cnc(C)c2)cc(OC)c1. The molecule has 0 spiro atoms. The summed E-state index contributed by atoms with van der Waals surface area (Å²) in [5, 5.41) is 6.89. The second-order valence-electron chi connectivity index (χ2n) is 5.09. The summed E-state index contributed by atoms with van der Waals surface area (Å²) in [5.41, 5.74) is 1.85. The van der Waals surface area contributed by atoms with Crippen molar-refractivity contribution in [3.63, 3.8) is 0 Å². The molecule has 0 bridgehead atoms. The van der Waals surface area contributed by atoms with Gasteiger partial charge in [0.15, 0.2) is 5.11 Å². The molecule has 2 aromatic rings. The van der Waals surface area contributed by atoms with Crippen LogP contribution >= 0.6 is 12.2 Å². The van der Waals surface area contributed by atoms with Gasteiger partial charge in [0.1, 0.15) is 11.5 Å². The van der Waals surface area contributed by atoms with Gasteiger partial charge in [-0.1, -0.05) is 0 Å². The summed E-state index contributed by atoms with van der Waals surface area (Å²) in [7, 11) is 3.24. The quantitative estimate of drug-likeness (QED) is 0.599. The first-order chi connectivity index (χ1) is 11.1. The Bertz CT molecular complexity index is 635. The van der Waals surface area contributed by atoms with Gasteiger partial charge in [0.2, 0.25) is 0 Å². The molecule has 0 saturated carbocycles. The molecule has 0 aliphatic carbocycles. The minimum atomic E-state index is 0.571. The highest BCUT2D eigenvalue weighted by Gasteiger charge is 2.03. The van der Waals surface area contributed by atoms with E-state index >= 15 is 0 Å². The molecule has 0 amide bonds. The Balaban J connectivity index is 1.78. The van der Waals surface area contributed by atoms with E-state index in [1.165, 1.54) is 0 Å².